The molecule has 0 atom stereocenters. The van der Waals surface area contributed by atoms with Crippen molar-refractivity contribution < 1.29 is 4.42 Å². The van der Waals surface area contributed by atoms with E-state index in [1.54, 1.807) is 0 Å². The van der Waals surface area contributed by atoms with Crippen LogP contribution in [0, 0.1) is 0 Å². The Balaban J connectivity index is 2.03. The second-order valence-electron chi connectivity index (χ2n) is 5.00. The second-order valence-corrected chi connectivity index (χ2v) is 5.00. The maximum Gasteiger partial charge on any atom is 0.197 e. The Kier molecular flexibility index (Phi) is 3.86. The molecule has 2 heterocycles. The van der Waals surface area contributed by atoms with Crippen LogP contribution in [0.1, 0.15) is 26.0 Å². The molecule has 0 unspecified atom stereocenters. The van der Waals surface area contributed by atoms with Crippen molar-refractivity contribution in [2.45, 2.75) is 26.7 Å². The standard InChI is InChI=1S/C17H19N3O/c1-3-9-18-16-11-13(4-2)19-17(20-16)15-10-12-7-5-6-8-14(12)21-15/h5-8,10-11H,3-4,9H2,1-2H3,(H,18,19,20). The van der Waals surface area contributed by atoms with Gasteiger partial charge in [0.05, 0.1) is 0 Å². The highest BCUT2D eigenvalue weighted by Gasteiger charge is 2.11. The molecule has 1 aromatic carbocycles. The predicted octanol–water partition coefficient (Wildman–Crippen LogP) is 4.27. The zero-order valence-corrected chi connectivity index (χ0v) is 12.4. The van der Waals surface area contributed by atoms with E-state index in [4.69, 9.17) is 4.42 Å². The Morgan fingerprint density at radius 3 is 2.71 bits per heavy atom. The first-order chi connectivity index (χ1) is 10.3. The van der Waals surface area contributed by atoms with Crippen LogP contribution in [-0.4, -0.2) is 16.5 Å². The first-order valence-electron chi connectivity index (χ1n) is 7.41. The van der Waals surface area contributed by atoms with Gasteiger partial charge in [-0.25, -0.2) is 9.97 Å². The lowest BCUT2D eigenvalue weighted by atomic mass is 10.2. The average Bonchev–Trinajstić information content (AvgIpc) is 2.96. The highest BCUT2D eigenvalue weighted by atomic mass is 16.3. The van der Waals surface area contributed by atoms with Gasteiger partial charge in [0, 0.05) is 23.7 Å². The molecule has 3 rings (SSSR count). The molecule has 4 heteroatoms. The molecular weight excluding hydrogens is 262 g/mol. The number of hydrogen-bond donors (Lipinski definition) is 1. The van der Waals surface area contributed by atoms with Gasteiger partial charge in [-0.1, -0.05) is 32.0 Å². The fourth-order valence-electron chi connectivity index (χ4n) is 2.22. The van der Waals surface area contributed by atoms with Gasteiger partial charge in [0.1, 0.15) is 11.4 Å². The maximum atomic E-state index is 5.86. The molecular formula is C17H19N3O. The van der Waals surface area contributed by atoms with Gasteiger partial charge in [-0.2, -0.15) is 0 Å². The second kappa shape index (κ2) is 5.95. The van der Waals surface area contributed by atoms with Crippen LogP contribution < -0.4 is 5.32 Å². The van der Waals surface area contributed by atoms with Crippen LogP contribution in [0.2, 0.25) is 0 Å². The molecule has 0 aliphatic carbocycles. The van der Waals surface area contributed by atoms with Crippen molar-refractivity contribution in [3.05, 3.63) is 42.1 Å². The van der Waals surface area contributed by atoms with Crippen molar-refractivity contribution >= 4 is 16.8 Å². The Hall–Kier alpha value is -2.36. The fourth-order valence-corrected chi connectivity index (χ4v) is 2.22. The summed E-state index contributed by atoms with van der Waals surface area (Å²) in [6.07, 6.45) is 1.93. The molecule has 108 valence electrons. The van der Waals surface area contributed by atoms with Crippen molar-refractivity contribution in [3.8, 4) is 11.6 Å². The number of rotatable bonds is 5. The Bertz CT molecular complexity index is 716. The van der Waals surface area contributed by atoms with Gasteiger partial charge in [-0.3, -0.25) is 0 Å². The summed E-state index contributed by atoms with van der Waals surface area (Å²) in [5, 5.41) is 4.39. The lowest BCUT2D eigenvalue weighted by Crippen LogP contribution is -2.05. The van der Waals surface area contributed by atoms with Crippen LogP contribution in [0.15, 0.2) is 40.8 Å². The normalized spacial score (nSPS) is 11.0. The van der Waals surface area contributed by atoms with Crippen molar-refractivity contribution in [1.29, 1.82) is 0 Å². The predicted molar refractivity (Wildman–Crippen MR) is 85.4 cm³/mol. The van der Waals surface area contributed by atoms with Gasteiger partial charge in [0.25, 0.3) is 0 Å². The number of aromatic nitrogens is 2. The van der Waals surface area contributed by atoms with Gasteiger partial charge in [-0.05, 0) is 25.0 Å². The maximum absolute atomic E-state index is 5.86. The third kappa shape index (κ3) is 2.89. The first kappa shape index (κ1) is 13.6. The molecule has 0 spiro atoms. The lowest BCUT2D eigenvalue weighted by molar-refractivity contribution is 0.624. The minimum atomic E-state index is 0.643. The quantitative estimate of drug-likeness (QED) is 0.758. The van der Waals surface area contributed by atoms with Crippen molar-refractivity contribution in [3.63, 3.8) is 0 Å². The molecule has 1 N–H and O–H groups in total. The number of nitrogens with zero attached hydrogens (tertiary/aromatic N) is 2. The topological polar surface area (TPSA) is 51.0 Å². The molecule has 0 aliphatic rings. The third-order valence-corrected chi connectivity index (χ3v) is 3.34. The van der Waals surface area contributed by atoms with Crippen LogP contribution in [0.5, 0.6) is 0 Å². The number of fused-ring (bicyclic) bond motifs is 1. The van der Waals surface area contributed by atoms with Crippen LogP contribution in [-0.2, 0) is 6.42 Å². The zero-order valence-electron chi connectivity index (χ0n) is 12.4. The highest BCUT2D eigenvalue weighted by Crippen LogP contribution is 2.26. The summed E-state index contributed by atoms with van der Waals surface area (Å²) in [5.41, 5.74) is 1.88. The van der Waals surface area contributed by atoms with Crippen LogP contribution in [0.25, 0.3) is 22.6 Å². The molecule has 4 nitrogen and oxygen atoms in total. The summed E-state index contributed by atoms with van der Waals surface area (Å²) in [4.78, 5) is 9.15. The number of para-hydroxylation sites is 1. The molecule has 0 saturated heterocycles. The summed E-state index contributed by atoms with van der Waals surface area (Å²) in [7, 11) is 0. The fraction of sp³-hybridized carbons (Fsp3) is 0.294. The van der Waals surface area contributed by atoms with E-state index >= 15 is 0 Å². The molecule has 0 saturated carbocycles. The molecule has 0 radical (unpaired) electrons. The van der Waals surface area contributed by atoms with Crippen LogP contribution in [0.4, 0.5) is 5.82 Å². The summed E-state index contributed by atoms with van der Waals surface area (Å²) < 4.78 is 5.86. The minimum Gasteiger partial charge on any atom is -0.453 e. The molecule has 0 aliphatic heterocycles. The number of hydrogen-bond acceptors (Lipinski definition) is 4. The summed E-state index contributed by atoms with van der Waals surface area (Å²) in [6.45, 7) is 5.13. The Morgan fingerprint density at radius 1 is 1.10 bits per heavy atom. The van der Waals surface area contributed by atoms with Crippen LogP contribution >= 0.6 is 0 Å². The first-order valence-corrected chi connectivity index (χ1v) is 7.41. The number of aryl methyl sites for hydroxylation is 1. The molecule has 3 aromatic rings. The van der Waals surface area contributed by atoms with E-state index in [9.17, 15) is 0 Å². The number of benzene rings is 1. The zero-order chi connectivity index (χ0) is 14.7. The monoisotopic (exact) mass is 281 g/mol. The molecule has 0 bridgehead atoms. The molecule has 2 aromatic heterocycles. The summed E-state index contributed by atoms with van der Waals surface area (Å²) in [6, 6.07) is 11.9. The van der Waals surface area contributed by atoms with E-state index in [1.165, 1.54) is 0 Å². The van der Waals surface area contributed by atoms with Crippen molar-refractivity contribution in [2.24, 2.45) is 0 Å². The van der Waals surface area contributed by atoms with Gasteiger partial charge >= 0.3 is 0 Å². The molecule has 0 amide bonds. The molecule has 0 fully saturated rings. The molecule has 21 heavy (non-hydrogen) atoms. The van der Waals surface area contributed by atoms with E-state index < -0.39 is 0 Å². The number of nitrogens with one attached hydrogen (secondary N) is 1. The van der Waals surface area contributed by atoms with E-state index in [0.29, 0.717) is 11.6 Å². The van der Waals surface area contributed by atoms with E-state index in [2.05, 4.69) is 29.1 Å². The summed E-state index contributed by atoms with van der Waals surface area (Å²) in [5.74, 6) is 2.22. The SMILES string of the molecule is CCCNc1cc(CC)nc(-c2cc3ccccc3o2)n1. The lowest BCUT2D eigenvalue weighted by Gasteiger charge is -2.07. The Labute approximate surface area is 124 Å². The Morgan fingerprint density at radius 2 is 1.95 bits per heavy atom. The van der Waals surface area contributed by atoms with E-state index in [-0.39, 0.29) is 0 Å². The average molecular weight is 281 g/mol. The van der Waals surface area contributed by atoms with Gasteiger partial charge < -0.3 is 9.73 Å². The van der Waals surface area contributed by atoms with E-state index in [0.717, 1.165) is 41.9 Å². The summed E-state index contributed by atoms with van der Waals surface area (Å²) >= 11 is 0. The number of furan rings is 1. The van der Waals surface area contributed by atoms with Gasteiger partial charge in [-0.15, -0.1) is 0 Å². The van der Waals surface area contributed by atoms with Gasteiger partial charge in [0.15, 0.2) is 11.6 Å². The van der Waals surface area contributed by atoms with Crippen molar-refractivity contribution in [1.82, 2.24) is 9.97 Å². The van der Waals surface area contributed by atoms with Crippen LogP contribution in [0.3, 0.4) is 0 Å². The third-order valence-electron chi connectivity index (χ3n) is 3.34. The van der Waals surface area contributed by atoms with E-state index in [1.807, 2.05) is 36.4 Å². The smallest absolute Gasteiger partial charge is 0.197 e. The minimum absolute atomic E-state index is 0.643. The largest absolute Gasteiger partial charge is 0.453 e. The van der Waals surface area contributed by atoms with Gasteiger partial charge in [0.2, 0.25) is 0 Å². The number of anilines is 1. The van der Waals surface area contributed by atoms with Crippen molar-refractivity contribution in [2.75, 3.05) is 11.9 Å². The highest BCUT2D eigenvalue weighted by molar-refractivity contribution is 5.81.